The number of amides is 1. The molecule has 0 saturated carbocycles. The van der Waals surface area contributed by atoms with Gasteiger partial charge in [-0.05, 0) is 43.5 Å². The van der Waals surface area contributed by atoms with Crippen LogP contribution in [0.5, 0.6) is 11.6 Å². The highest BCUT2D eigenvalue weighted by Crippen LogP contribution is 2.34. The Balaban J connectivity index is 1.36. The molecular weight excluding hydrogens is 428 g/mol. The molecule has 1 aliphatic rings. The zero-order valence-corrected chi connectivity index (χ0v) is 18.8. The minimum atomic E-state index is -0.0320. The molecule has 170 valence electrons. The van der Waals surface area contributed by atoms with E-state index in [0.717, 1.165) is 35.4 Å². The van der Waals surface area contributed by atoms with Crippen molar-refractivity contribution in [3.05, 3.63) is 90.5 Å². The van der Waals surface area contributed by atoms with E-state index in [2.05, 4.69) is 24.9 Å². The van der Waals surface area contributed by atoms with Crippen LogP contribution >= 0.6 is 0 Å². The first-order chi connectivity index (χ1) is 16.7. The Labute approximate surface area is 197 Å². The van der Waals surface area contributed by atoms with Gasteiger partial charge in [0.2, 0.25) is 5.88 Å². The van der Waals surface area contributed by atoms with Crippen LogP contribution in [0.4, 0.5) is 0 Å². The third kappa shape index (κ3) is 4.61. The summed E-state index contributed by atoms with van der Waals surface area (Å²) in [5, 5.41) is 0. The summed E-state index contributed by atoms with van der Waals surface area (Å²) in [6.07, 6.45) is 11.6. The summed E-state index contributed by atoms with van der Waals surface area (Å²) >= 11 is 0. The molecule has 0 aliphatic carbocycles. The Bertz CT molecular complexity index is 1300. The summed E-state index contributed by atoms with van der Waals surface area (Å²) in [6, 6.07) is 11.4. The number of aromatic nitrogens is 5. The third-order valence-electron chi connectivity index (χ3n) is 5.95. The normalized spacial score (nSPS) is 15.7. The van der Waals surface area contributed by atoms with Gasteiger partial charge in [0.1, 0.15) is 17.8 Å². The van der Waals surface area contributed by atoms with E-state index < -0.39 is 0 Å². The Kier molecular flexibility index (Phi) is 6.20. The average molecular weight is 453 g/mol. The number of nitrogens with zero attached hydrogens (tertiary/aromatic N) is 6. The maximum atomic E-state index is 13.4. The summed E-state index contributed by atoms with van der Waals surface area (Å²) in [5.41, 5.74) is 3.83. The molecule has 3 aromatic heterocycles. The largest absolute Gasteiger partial charge is 0.437 e. The Morgan fingerprint density at radius 3 is 2.71 bits per heavy atom. The van der Waals surface area contributed by atoms with Crippen molar-refractivity contribution in [2.75, 3.05) is 13.1 Å². The minimum Gasteiger partial charge on any atom is -0.437 e. The number of aryl methyl sites for hydroxylation is 1. The molecule has 4 aromatic rings. The van der Waals surface area contributed by atoms with Gasteiger partial charge in [0.05, 0.1) is 5.69 Å². The number of ether oxygens (including phenoxy) is 1. The van der Waals surface area contributed by atoms with Crippen molar-refractivity contribution in [3.8, 4) is 22.9 Å². The topological polar surface area (TPSA) is 94.0 Å². The van der Waals surface area contributed by atoms with Gasteiger partial charge in [-0.25, -0.2) is 15.0 Å². The van der Waals surface area contributed by atoms with Crippen molar-refractivity contribution in [2.45, 2.75) is 25.7 Å². The predicted octanol–water partition coefficient (Wildman–Crippen LogP) is 4.45. The predicted molar refractivity (Wildman–Crippen MR) is 126 cm³/mol. The zero-order valence-electron chi connectivity index (χ0n) is 18.8. The van der Waals surface area contributed by atoms with E-state index in [1.54, 1.807) is 43.1 Å². The van der Waals surface area contributed by atoms with E-state index in [4.69, 9.17) is 4.74 Å². The molecule has 0 N–H and O–H groups in total. The van der Waals surface area contributed by atoms with E-state index in [1.807, 2.05) is 36.1 Å². The van der Waals surface area contributed by atoms with Crippen LogP contribution in [0.15, 0.2) is 73.7 Å². The van der Waals surface area contributed by atoms with Gasteiger partial charge < -0.3 is 9.64 Å². The molecule has 0 radical (unpaired) electrons. The van der Waals surface area contributed by atoms with Gasteiger partial charge in [0.15, 0.2) is 0 Å². The lowest BCUT2D eigenvalue weighted by atomic mass is 9.94. The van der Waals surface area contributed by atoms with Crippen LogP contribution in [0.2, 0.25) is 0 Å². The minimum absolute atomic E-state index is 0.0320. The standard InChI is InChI=1S/C26H24N6O2/c1-18-5-2-3-7-23(18)34-25-24(30-10-11-31-25)20-6-4-12-32(16-20)26(33)19-8-9-29-22(13-19)21-14-27-17-28-15-21/h2-3,5,7-11,13-15,17,20H,4,6,12,16H2,1H3. The van der Waals surface area contributed by atoms with Crippen molar-refractivity contribution in [1.29, 1.82) is 0 Å². The van der Waals surface area contributed by atoms with Gasteiger partial charge >= 0.3 is 0 Å². The van der Waals surface area contributed by atoms with Gasteiger partial charge in [-0.15, -0.1) is 0 Å². The van der Waals surface area contributed by atoms with Crippen LogP contribution in [0.3, 0.4) is 0 Å². The molecule has 0 bridgehead atoms. The van der Waals surface area contributed by atoms with Crippen LogP contribution in [0.25, 0.3) is 11.3 Å². The summed E-state index contributed by atoms with van der Waals surface area (Å²) in [7, 11) is 0. The van der Waals surface area contributed by atoms with Crippen LogP contribution < -0.4 is 4.74 Å². The second-order valence-electron chi connectivity index (χ2n) is 8.26. The van der Waals surface area contributed by atoms with Gasteiger partial charge in [0, 0.05) is 61.1 Å². The number of para-hydroxylation sites is 1. The second-order valence-corrected chi connectivity index (χ2v) is 8.26. The molecular formula is C26H24N6O2. The van der Waals surface area contributed by atoms with Crippen molar-refractivity contribution in [3.63, 3.8) is 0 Å². The second kappa shape index (κ2) is 9.74. The molecule has 1 aliphatic heterocycles. The molecule has 1 amide bonds. The molecule has 1 saturated heterocycles. The van der Waals surface area contributed by atoms with E-state index in [1.165, 1.54) is 6.33 Å². The number of carbonyl (C=O) groups is 1. The number of carbonyl (C=O) groups excluding carboxylic acids is 1. The zero-order chi connectivity index (χ0) is 23.3. The van der Waals surface area contributed by atoms with Gasteiger partial charge in [-0.1, -0.05) is 18.2 Å². The number of pyridine rings is 1. The number of hydrogen-bond donors (Lipinski definition) is 0. The smallest absolute Gasteiger partial charge is 0.254 e. The van der Waals surface area contributed by atoms with Gasteiger partial charge in [0.25, 0.3) is 5.91 Å². The number of piperidine rings is 1. The third-order valence-corrected chi connectivity index (χ3v) is 5.95. The first-order valence-electron chi connectivity index (χ1n) is 11.2. The quantitative estimate of drug-likeness (QED) is 0.442. The van der Waals surface area contributed by atoms with Crippen LogP contribution in [0.1, 0.15) is 40.4 Å². The van der Waals surface area contributed by atoms with Gasteiger partial charge in [-0.3, -0.25) is 14.8 Å². The van der Waals surface area contributed by atoms with E-state index in [-0.39, 0.29) is 11.8 Å². The number of rotatable bonds is 5. The fraction of sp³-hybridized carbons (Fsp3) is 0.231. The number of hydrogen-bond acceptors (Lipinski definition) is 7. The van der Waals surface area contributed by atoms with Crippen LogP contribution in [-0.4, -0.2) is 48.8 Å². The lowest BCUT2D eigenvalue weighted by molar-refractivity contribution is 0.0704. The summed E-state index contributed by atoms with van der Waals surface area (Å²) < 4.78 is 6.14. The van der Waals surface area contributed by atoms with Crippen LogP contribution in [0, 0.1) is 6.92 Å². The van der Waals surface area contributed by atoms with Crippen LogP contribution in [-0.2, 0) is 0 Å². The molecule has 34 heavy (non-hydrogen) atoms. The molecule has 1 atom stereocenters. The first kappa shape index (κ1) is 21.6. The lowest BCUT2D eigenvalue weighted by Gasteiger charge is -2.33. The Hall–Kier alpha value is -4.20. The summed E-state index contributed by atoms with van der Waals surface area (Å²) in [6.45, 7) is 3.24. The van der Waals surface area contributed by atoms with E-state index in [9.17, 15) is 4.79 Å². The van der Waals surface area contributed by atoms with Crippen molar-refractivity contribution in [2.24, 2.45) is 0 Å². The van der Waals surface area contributed by atoms with Gasteiger partial charge in [-0.2, -0.15) is 0 Å². The van der Waals surface area contributed by atoms with Crippen molar-refractivity contribution >= 4 is 5.91 Å². The first-order valence-corrected chi connectivity index (χ1v) is 11.2. The van der Waals surface area contributed by atoms with Crippen molar-refractivity contribution in [1.82, 2.24) is 29.8 Å². The molecule has 8 heteroatoms. The number of likely N-dealkylation sites (tertiary alicyclic amines) is 1. The Morgan fingerprint density at radius 1 is 1.03 bits per heavy atom. The SMILES string of the molecule is Cc1ccccc1Oc1nccnc1C1CCCN(C(=O)c2ccnc(-c3cncnc3)c2)C1. The fourth-order valence-electron chi connectivity index (χ4n) is 4.19. The molecule has 1 aromatic carbocycles. The highest BCUT2D eigenvalue weighted by atomic mass is 16.5. The number of benzene rings is 1. The highest BCUT2D eigenvalue weighted by molar-refractivity contribution is 5.95. The summed E-state index contributed by atoms with van der Waals surface area (Å²) in [4.78, 5) is 36.8. The monoisotopic (exact) mass is 452 g/mol. The Morgan fingerprint density at radius 2 is 1.85 bits per heavy atom. The maximum absolute atomic E-state index is 13.4. The average Bonchev–Trinajstić information content (AvgIpc) is 2.90. The molecule has 0 spiro atoms. The fourth-order valence-corrected chi connectivity index (χ4v) is 4.19. The molecule has 1 fully saturated rings. The van der Waals surface area contributed by atoms with Crippen molar-refractivity contribution < 1.29 is 9.53 Å². The lowest BCUT2D eigenvalue weighted by Crippen LogP contribution is -2.39. The van der Waals surface area contributed by atoms with E-state index in [0.29, 0.717) is 30.2 Å². The summed E-state index contributed by atoms with van der Waals surface area (Å²) in [5.74, 6) is 1.25. The molecule has 4 heterocycles. The highest BCUT2D eigenvalue weighted by Gasteiger charge is 2.29. The molecule has 1 unspecified atom stereocenters. The van der Waals surface area contributed by atoms with E-state index >= 15 is 0 Å². The maximum Gasteiger partial charge on any atom is 0.254 e. The molecule has 5 rings (SSSR count). The molecule has 8 nitrogen and oxygen atoms in total.